The van der Waals surface area contributed by atoms with Crippen molar-refractivity contribution in [3.63, 3.8) is 0 Å². The molecule has 2 aliphatic rings. The number of carbonyl (C=O) groups excluding carboxylic acids is 1. The molecule has 0 saturated carbocycles. The highest BCUT2D eigenvalue weighted by Crippen LogP contribution is 2.32. The maximum atomic E-state index is 11.2. The van der Waals surface area contributed by atoms with E-state index in [0.717, 1.165) is 5.56 Å². The number of benzene rings is 2. The molecule has 3 N–H and O–H groups in total. The van der Waals surface area contributed by atoms with Gasteiger partial charge in [-0.1, -0.05) is 30.3 Å². The summed E-state index contributed by atoms with van der Waals surface area (Å²) in [5.74, 6) is -0.237. The van der Waals surface area contributed by atoms with Crippen LogP contribution in [0, 0.1) is 0 Å². The lowest BCUT2D eigenvalue weighted by molar-refractivity contribution is -0.115. The molecule has 0 atom stereocenters. The van der Waals surface area contributed by atoms with Gasteiger partial charge in [-0.25, -0.2) is 0 Å². The number of fused-ring (bicyclic) bond motifs is 1. The number of aliphatic hydroxyl groups is 1. The lowest BCUT2D eigenvalue weighted by Gasteiger charge is -2.18. The van der Waals surface area contributed by atoms with Crippen LogP contribution in [0.1, 0.15) is 12.5 Å². The highest BCUT2D eigenvalue weighted by atomic mass is 32.1. The van der Waals surface area contributed by atoms with Crippen molar-refractivity contribution in [2.24, 2.45) is 5.73 Å². The van der Waals surface area contributed by atoms with Crippen molar-refractivity contribution >= 4 is 28.9 Å². The minimum atomic E-state index is -0.237. The summed E-state index contributed by atoms with van der Waals surface area (Å²) in [7, 11) is 0. The van der Waals surface area contributed by atoms with E-state index in [1.165, 1.54) is 23.0 Å². The number of carbonyl (C=O) groups is 1. The molecule has 0 saturated heterocycles. The van der Waals surface area contributed by atoms with Gasteiger partial charge in [0.05, 0.1) is 12.3 Å². The first-order chi connectivity index (χ1) is 10.0. The molecule has 2 aliphatic carbocycles. The summed E-state index contributed by atoms with van der Waals surface area (Å²) >= 11 is 4.77. The van der Waals surface area contributed by atoms with Crippen LogP contribution in [0.2, 0.25) is 0 Å². The Hall–Kier alpha value is -2.24. The monoisotopic (exact) mass is 300 g/mol. The van der Waals surface area contributed by atoms with Gasteiger partial charge in [-0.3, -0.25) is 9.69 Å². The van der Waals surface area contributed by atoms with E-state index in [0.29, 0.717) is 5.69 Å². The summed E-state index contributed by atoms with van der Waals surface area (Å²) in [6, 6.07) is 15.3. The summed E-state index contributed by atoms with van der Waals surface area (Å²) < 4.78 is 0. The van der Waals surface area contributed by atoms with Crippen molar-refractivity contribution in [1.82, 2.24) is 0 Å². The molecule has 108 valence electrons. The van der Waals surface area contributed by atoms with Gasteiger partial charge in [0.2, 0.25) is 5.91 Å². The zero-order valence-corrected chi connectivity index (χ0v) is 12.4. The molecular weight excluding hydrogens is 284 g/mol. The maximum absolute atomic E-state index is 11.2. The number of hydrogen-bond acceptors (Lipinski definition) is 3. The second kappa shape index (κ2) is 6.47. The van der Waals surface area contributed by atoms with Gasteiger partial charge in [-0.2, -0.15) is 0 Å². The van der Waals surface area contributed by atoms with Gasteiger partial charge in [0.15, 0.2) is 5.11 Å². The van der Waals surface area contributed by atoms with E-state index in [9.17, 15) is 4.79 Å². The van der Waals surface area contributed by atoms with Crippen LogP contribution >= 0.6 is 12.2 Å². The van der Waals surface area contributed by atoms with E-state index < -0.39 is 0 Å². The first kappa shape index (κ1) is 15.2. The first-order valence-corrected chi connectivity index (χ1v) is 6.84. The average Bonchev–Trinajstić information content (AvgIpc) is 3.06. The Labute approximate surface area is 128 Å². The van der Waals surface area contributed by atoms with Crippen molar-refractivity contribution in [3.8, 4) is 11.1 Å². The van der Waals surface area contributed by atoms with Crippen molar-refractivity contribution in [2.45, 2.75) is 13.5 Å². The molecule has 5 heteroatoms. The van der Waals surface area contributed by atoms with Gasteiger partial charge >= 0.3 is 0 Å². The molecule has 0 aromatic heterocycles. The third kappa shape index (κ3) is 3.87. The molecule has 0 bridgehead atoms. The molecule has 3 rings (SSSR count). The van der Waals surface area contributed by atoms with Gasteiger partial charge in [-0.15, -0.1) is 0 Å². The Morgan fingerprint density at radius 3 is 2.05 bits per heavy atom. The molecule has 0 spiro atoms. The van der Waals surface area contributed by atoms with E-state index in [4.69, 9.17) is 23.1 Å². The van der Waals surface area contributed by atoms with Crippen LogP contribution in [0.25, 0.3) is 11.1 Å². The number of nitrogens with two attached hydrogens (primary N) is 1. The van der Waals surface area contributed by atoms with Gasteiger partial charge in [0.1, 0.15) is 0 Å². The number of aliphatic hydroxyl groups excluding tert-OH is 1. The second-order valence-corrected chi connectivity index (χ2v) is 5.02. The number of anilines is 1. The normalized spacial score (nSPS) is 10.2. The van der Waals surface area contributed by atoms with Crippen molar-refractivity contribution in [1.29, 1.82) is 0 Å². The Kier molecular flexibility index (Phi) is 4.67. The Bertz CT molecular complexity index is 637. The predicted octanol–water partition coefficient (Wildman–Crippen LogP) is 2.44. The molecule has 0 radical (unpaired) electrons. The zero-order valence-electron chi connectivity index (χ0n) is 11.6. The standard InChI is InChI=1S/C10H12N2O2S.C6H4/c1-7(14)12(10(11)15)9-4-2-8(6-13)3-5-9;1-2-5-4-6(5)3-1/h2-5,13H,6H2,1H3,(H2,11,15);1-4H. The number of hydrogen-bond donors (Lipinski definition) is 2. The van der Waals surface area contributed by atoms with E-state index in [1.54, 1.807) is 24.3 Å². The molecule has 1 aromatic rings. The Morgan fingerprint density at radius 1 is 1.19 bits per heavy atom. The number of thiocarbonyl (C=S) groups is 1. The van der Waals surface area contributed by atoms with E-state index in [-0.39, 0.29) is 17.6 Å². The highest BCUT2D eigenvalue weighted by molar-refractivity contribution is 7.80. The first-order valence-electron chi connectivity index (χ1n) is 6.43. The topological polar surface area (TPSA) is 66.6 Å². The van der Waals surface area contributed by atoms with Crippen molar-refractivity contribution in [3.05, 3.63) is 54.1 Å². The average molecular weight is 300 g/mol. The Balaban J connectivity index is 0.000000218. The second-order valence-electron chi connectivity index (χ2n) is 4.60. The third-order valence-electron chi connectivity index (χ3n) is 3.02. The largest absolute Gasteiger partial charge is 0.392 e. The van der Waals surface area contributed by atoms with Crippen LogP contribution in [0.15, 0.2) is 48.5 Å². The van der Waals surface area contributed by atoms with Crippen LogP contribution in [-0.4, -0.2) is 16.1 Å². The number of nitrogens with zero attached hydrogens (tertiary/aromatic N) is 1. The summed E-state index contributed by atoms with van der Waals surface area (Å²) in [6.07, 6.45) is 0. The van der Waals surface area contributed by atoms with E-state index in [2.05, 4.69) is 24.3 Å². The molecule has 1 amide bonds. The molecule has 0 fully saturated rings. The molecular formula is C16H16N2O2S. The fraction of sp³-hybridized carbons (Fsp3) is 0.125. The molecule has 4 nitrogen and oxygen atoms in total. The Morgan fingerprint density at radius 2 is 1.76 bits per heavy atom. The van der Waals surface area contributed by atoms with Crippen molar-refractivity contribution in [2.75, 3.05) is 4.90 Å². The molecule has 0 unspecified atom stereocenters. The summed E-state index contributed by atoms with van der Waals surface area (Å²) in [6.45, 7) is 1.35. The fourth-order valence-electron chi connectivity index (χ4n) is 1.89. The SMILES string of the molecule is CC(=O)N(C(N)=S)c1ccc(CO)cc1.c1cc2cc-2c1. The summed E-state index contributed by atoms with van der Waals surface area (Å²) in [5.41, 5.74) is 9.65. The minimum Gasteiger partial charge on any atom is -0.392 e. The van der Waals surface area contributed by atoms with Crippen LogP contribution in [-0.2, 0) is 11.4 Å². The van der Waals surface area contributed by atoms with Gasteiger partial charge in [0.25, 0.3) is 0 Å². The van der Waals surface area contributed by atoms with E-state index in [1.807, 2.05) is 0 Å². The molecule has 21 heavy (non-hydrogen) atoms. The van der Waals surface area contributed by atoms with Gasteiger partial charge in [0, 0.05) is 6.92 Å². The van der Waals surface area contributed by atoms with Crippen LogP contribution in [0.4, 0.5) is 5.69 Å². The van der Waals surface area contributed by atoms with Crippen LogP contribution < -0.4 is 10.6 Å². The zero-order chi connectivity index (χ0) is 15.4. The quantitative estimate of drug-likeness (QED) is 0.713. The maximum Gasteiger partial charge on any atom is 0.230 e. The molecule has 0 heterocycles. The summed E-state index contributed by atoms with van der Waals surface area (Å²) in [4.78, 5) is 12.5. The van der Waals surface area contributed by atoms with Crippen molar-refractivity contribution < 1.29 is 9.90 Å². The number of amides is 1. The molecule has 1 aromatic carbocycles. The van der Waals surface area contributed by atoms with Gasteiger partial charge in [-0.05, 0) is 47.1 Å². The smallest absolute Gasteiger partial charge is 0.230 e. The predicted molar refractivity (Wildman–Crippen MR) is 87.7 cm³/mol. The highest BCUT2D eigenvalue weighted by Gasteiger charge is 2.13. The van der Waals surface area contributed by atoms with E-state index >= 15 is 0 Å². The van der Waals surface area contributed by atoms with Crippen LogP contribution in [0.5, 0.6) is 0 Å². The minimum absolute atomic E-state index is 0.0132. The third-order valence-corrected chi connectivity index (χ3v) is 3.21. The van der Waals surface area contributed by atoms with Gasteiger partial charge < -0.3 is 10.8 Å². The van der Waals surface area contributed by atoms with Crippen LogP contribution in [0.3, 0.4) is 0 Å². The fourth-order valence-corrected chi connectivity index (χ4v) is 2.12. The lowest BCUT2D eigenvalue weighted by atomic mass is 10.2. The molecule has 0 aliphatic heterocycles. The summed E-state index contributed by atoms with van der Waals surface area (Å²) in [5, 5.41) is 8.87. The lowest BCUT2D eigenvalue weighted by Crippen LogP contribution is -2.39. The number of rotatable bonds is 2.